The number of nitriles is 1. The van der Waals surface area contributed by atoms with Crippen molar-refractivity contribution < 1.29 is 14.3 Å². The number of anilines is 1. The number of rotatable bonds is 4. The van der Waals surface area contributed by atoms with Gasteiger partial charge in [0.25, 0.3) is 5.91 Å². The van der Waals surface area contributed by atoms with Gasteiger partial charge in [0.2, 0.25) is 0 Å². The Morgan fingerprint density at radius 1 is 1.33 bits per heavy atom. The van der Waals surface area contributed by atoms with E-state index in [-0.39, 0.29) is 5.91 Å². The fourth-order valence-corrected chi connectivity index (χ4v) is 3.53. The van der Waals surface area contributed by atoms with E-state index < -0.39 is 5.60 Å². The Morgan fingerprint density at radius 3 is 2.80 bits per heavy atom. The van der Waals surface area contributed by atoms with Crippen molar-refractivity contribution in [1.82, 2.24) is 9.78 Å². The van der Waals surface area contributed by atoms with Crippen LogP contribution in [0.3, 0.4) is 0 Å². The molecule has 0 radical (unpaired) electrons. The van der Waals surface area contributed by atoms with Crippen LogP contribution in [0.25, 0.3) is 0 Å². The number of amides is 1. The van der Waals surface area contributed by atoms with Gasteiger partial charge in [-0.15, -0.1) is 0 Å². The summed E-state index contributed by atoms with van der Waals surface area (Å²) >= 11 is 6.13. The van der Waals surface area contributed by atoms with Crippen LogP contribution in [0.5, 0.6) is 17.2 Å². The fraction of sp³-hybridized carbons (Fsp3) is 0.227. The maximum absolute atomic E-state index is 12.8. The summed E-state index contributed by atoms with van der Waals surface area (Å²) in [5.41, 5.74) is 1.20. The zero-order valence-electron chi connectivity index (χ0n) is 16.7. The van der Waals surface area contributed by atoms with Crippen molar-refractivity contribution in [2.24, 2.45) is 7.05 Å². The quantitative estimate of drug-likeness (QED) is 0.658. The molecular formula is C22H19ClN4O3. The van der Waals surface area contributed by atoms with E-state index in [1.165, 1.54) is 0 Å². The molecule has 0 fully saturated rings. The first-order chi connectivity index (χ1) is 14.2. The van der Waals surface area contributed by atoms with Crippen LogP contribution in [0.15, 0.2) is 42.6 Å². The Balaban J connectivity index is 1.69. The molecule has 8 heteroatoms. The van der Waals surface area contributed by atoms with Crippen LogP contribution in [0.4, 0.5) is 5.82 Å². The van der Waals surface area contributed by atoms with Gasteiger partial charge in [-0.2, -0.15) is 10.4 Å². The van der Waals surface area contributed by atoms with Crippen LogP contribution in [-0.2, 0) is 13.5 Å². The van der Waals surface area contributed by atoms with Gasteiger partial charge in [-0.3, -0.25) is 9.48 Å². The summed E-state index contributed by atoms with van der Waals surface area (Å²) in [5, 5.41) is 16.3. The zero-order valence-corrected chi connectivity index (χ0v) is 17.4. The van der Waals surface area contributed by atoms with E-state index in [0.29, 0.717) is 45.6 Å². The third-order valence-electron chi connectivity index (χ3n) is 4.66. The predicted octanol–water partition coefficient (Wildman–Crippen LogP) is 4.70. The molecule has 0 bridgehead atoms. The largest absolute Gasteiger partial charge is 0.487 e. The predicted molar refractivity (Wildman–Crippen MR) is 112 cm³/mol. The Morgan fingerprint density at radius 2 is 2.13 bits per heavy atom. The van der Waals surface area contributed by atoms with Gasteiger partial charge in [0.1, 0.15) is 28.9 Å². The Kier molecular flexibility index (Phi) is 4.88. The summed E-state index contributed by atoms with van der Waals surface area (Å²) in [4.78, 5) is 12.8. The number of aromatic nitrogens is 2. The molecule has 0 atom stereocenters. The Bertz CT molecular complexity index is 1190. The molecule has 7 nitrogen and oxygen atoms in total. The molecule has 0 aliphatic carbocycles. The number of nitrogens with zero attached hydrogens (tertiary/aromatic N) is 3. The first-order valence-corrected chi connectivity index (χ1v) is 9.66. The van der Waals surface area contributed by atoms with Crippen LogP contribution in [0.2, 0.25) is 5.02 Å². The highest BCUT2D eigenvalue weighted by atomic mass is 35.5. The molecule has 152 valence electrons. The molecule has 1 aromatic heterocycles. The summed E-state index contributed by atoms with van der Waals surface area (Å²) in [6.45, 7) is 3.95. The molecule has 30 heavy (non-hydrogen) atoms. The molecule has 1 aliphatic heterocycles. The van der Waals surface area contributed by atoms with E-state index in [1.54, 1.807) is 54.3 Å². The van der Waals surface area contributed by atoms with E-state index >= 15 is 0 Å². The van der Waals surface area contributed by atoms with Crippen molar-refractivity contribution in [2.45, 2.75) is 25.9 Å². The van der Waals surface area contributed by atoms with Crippen LogP contribution in [-0.4, -0.2) is 21.3 Å². The van der Waals surface area contributed by atoms with Gasteiger partial charge in [0.05, 0.1) is 10.6 Å². The maximum atomic E-state index is 12.8. The summed E-state index contributed by atoms with van der Waals surface area (Å²) in [6, 6.07) is 11.9. The summed E-state index contributed by atoms with van der Waals surface area (Å²) in [6.07, 6.45) is 2.37. The summed E-state index contributed by atoms with van der Waals surface area (Å²) in [5.74, 6) is 1.69. The molecule has 0 spiro atoms. The van der Waals surface area contributed by atoms with Crippen molar-refractivity contribution in [2.75, 3.05) is 5.32 Å². The highest BCUT2D eigenvalue weighted by Crippen LogP contribution is 2.43. The molecule has 0 unspecified atom stereocenters. The topological polar surface area (TPSA) is 89.2 Å². The van der Waals surface area contributed by atoms with Crippen molar-refractivity contribution in [3.63, 3.8) is 0 Å². The molecule has 3 aromatic rings. The van der Waals surface area contributed by atoms with Crippen LogP contribution < -0.4 is 14.8 Å². The number of aryl methyl sites for hydroxylation is 1. The lowest BCUT2D eigenvalue weighted by atomic mass is 9.99. The maximum Gasteiger partial charge on any atom is 0.257 e. The molecule has 0 saturated carbocycles. The molecule has 1 amide bonds. The van der Waals surface area contributed by atoms with E-state index in [9.17, 15) is 4.79 Å². The Labute approximate surface area is 178 Å². The van der Waals surface area contributed by atoms with Crippen LogP contribution in [0, 0.1) is 11.3 Å². The first-order valence-electron chi connectivity index (χ1n) is 9.28. The van der Waals surface area contributed by atoms with Gasteiger partial charge in [-0.05, 0) is 38.1 Å². The zero-order chi connectivity index (χ0) is 21.5. The minimum atomic E-state index is -0.418. The smallest absolute Gasteiger partial charge is 0.257 e. The molecule has 1 aliphatic rings. The number of nitrogens with one attached hydrogen (secondary N) is 1. The number of benzene rings is 2. The first kappa shape index (κ1) is 19.8. The third kappa shape index (κ3) is 3.95. The molecular weight excluding hydrogens is 404 g/mol. The molecule has 2 heterocycles. The standard InChI is InChI=1S/C22H19ClN4O3/c1-22(2)11-16-18(29-15-5-4-13(12-24)17(23)10-15)8-14(9-19(16)30-22)21(28)25-20-6-7-27(3)26-20/h4-10H,11H2,1-3H3,(H,25,26,28). The minimum absolute atomic E-state index is 0.298. The second kappa shape index (κ2) is 7.39. The minimum Gasteiger partial charge on any atom is -0.487 e. The van der Waals surface area contributed by atoms with Gasteiger partial charge in [-0.1, -0.05) is 11.6 Å². The normalized spacial score (nSPS) is 13.8. The number of hydrogen-bond donors (Lipinski definition) is 1. The van der Waals surface area contributed by atoms with Crippen LogP contribution >= 0.6 is 11.6 Å². The molecule has 4 rings (SSSR count). The number of halogens is 1. The second-order valence-electron chi connectivity index (χ2n) is 7.67. The monoisotopic (exact) mass is 422 g/mol. The van der Waals surface area contributed by atoms with Crippen molar-refractivity contribution in [1.29, 1.82) is 5.26 Å². The average Bonchev–Trinajstić information content (AvgIpc) is 3.22. The lowest BCUT2D eigenvalue weighted by Gasteiger charge is -2.16. The third-order valence-corrected chi connectivity index (χ3v) is 4.98. The van der Waals surface area contributed by atoms with Crippen molar-refractivity contribution in [3.05, 3.63) is 64.3 Å². The number of hydrogen-bond acceptors (Lipinski definition) is 5. The molecule has 0 saturated heterocycles. The van der Waals surface area contributed by atoms with Gasteiger partial charge in [0.15, 0.2) is 5.82 Å². The number of carbonyl (C=O) groups is 1. The van der Waals surface area contributed by atoms with Gasteiger partial charge in [0, 0.05) is 42.9 Å². The highest BCUT2D eigenvalue weighted by molar-refractivity contribution is 6.31. The van der Waals surface area contributed by atoms with Gasteiger partial charge in [-0.25, -0.2) is 0 Å². The highest BCUT2D eigenvalue weighted by Gasteiger charge is 2.34. The summed E-state index contributed by atoms with van der Waals surface area (Å²) in [7, 11) is 1.77. The van der Waals surface area contributed by atoms with E-state index in [4.69, 9.17) is 26.3 Å². The fourth-order valence-electron chi connectivity index (χ4n) is 3.31. The lowest BCUT2D eigenvalue weighted by molar-refractivity contribution is 0.102. The lowest BCUT2D eigenvalue weighted by Crippen LogP contribution is -2.24. The number of carbonyl (C=O) groups excluding carboxylic acids is 1. The average molecular weight is 423 g/mol. The van der Waals surface area contributed by atoms with E-state index in [2.05, 4.69) is 10.4 Å². The van der Waals surface area contributed by atoms with E-state index in [1.807, 2.05) is 19.9 Å². The number of fused-ring (bicyclic) bond motifs is 1. The van der Waals surface area contributed by atoms with Gasteiger partial charge < -0.3 is 14.8 Å². The van der Waals surface area contributed by atoms with Crippen molar-refractivity contribution in [3.8, 4) is 23.3 Å². The SMILES string of the molecule is Cn1ccc(NC(=O)c2cc(Oc3ccc(C#N)c(Cl)c3)c3c(c2)OC(C)(C)C3)n1. The van der Waals surface area contributed by atoms with Crippen LogP contribution in [0.1, 0.15) is 35.3 Å². The Hall–Kier alpha value is -3.50. The molecule has 2 aromatic carbocycles. The van der Waals surface area contributed by atoms with Gasteiger partial charge >= 0.3 is 0 Å². The van der Waals surface area contributed by atoms with E-state index in [0.717, 1.165) is 5.56 Å². The second-order valence-corrected chi connectivity index (χ2v) is 8.08. The number of ether oxygens (including phenoxy) is 2. The summed E-state index contributed by atoms with van der Waals surface area (Å²) < 4.78 is 13.7. The van der Waals surface area contributed by atoms with Crippen molar-refractivity contribution >= 4 is 23.3 Å². The molecule has 1 N–H and O–H groups in total.